The number of nitrogens with two attached hydrogens (primary N) is 1. The zero-order chi connectivity index (χ0) is 13.8. The van der Waals surface area contributed by atoms with Crippen molar-refractivity contribution >= 4 is 5.91 Å². The molecule has 3 N–H and O–H groups in total. The molecule has 1 atom stereocenters. The van der Waals surface area contributed by atoms with Crippen molar-refractivity contribution in [3.05, 3.63) is 29.6 Å². The molecule has 1 rings (SSSR count). The van der Waals surface area contributed by atoms with Crippen LogP contribution in [0, 0.1) is 12.3 Å². The van der Waals surface area contributed by atoms with Gasteiger partial charge in [0.15, 0.2) is 0 Å². The Morgan fingerprint density at radius 2 is 2.17 bits per heavy atom. The number of carbonyl (C=O) groups excluding carboxylic acids is 1. The van der Waals surface area contributed by atoms with Gasteiger partial charge in [0.1, 0.15) is 0 Å². The van der Waals surface area contributed by atoms with Gasteiger partial charge in [0.25, 0.3) is 0 Å². The Kier molecular flexibility index (Phi) is 4.84. The smallest absolute Gasteiger partial charge is 0.221 e. The van der Waals surface area contributed by atoms with Gasteiger partial charge in [0, 0.05) is 31.4 Å². The third kappa shape index (κ3) is 4.45. The quantitative estimate of drug-likeness (QED) is 0.854. The fourth-order valence-electron chi connectivity index (χ4n) is 1.47. The van der Waals surface area contributed by atoms with E-state index in [0.717, 1.165) is 11.1 Å². The largest absolute Gasteiger partial charge is 0.352 e. The number of hydrogen-bond donors (Lipinski definition) is 2. The molecule has 4 nitrogen and oxygen atoms in total. The number of nitrogens with zero attached hydrogens (tertiary/aromatic N) is 1. The van der Waals surface area contributed by atoms with E-state index in [2.05, 4.69) is 10.3 Å². The van der Waals surface area contributed by atoms with Crippen LogP contribution in [0.25, 0.3) is 0 Å². The summed E-state index contributed by atoms with van der Waals surface area (Å²) in [6, 6.07) is 1.79. The molecule has 18 heavy (non-hydrogen) atoms. The molecule has 1 amide bonds. The fourth-order valence-corrected chi connectivity index (χ4v) is 1.47. The third-order valence-electron chi connectivity index (χ3n) is 3.13. The number of pyridine rings is 1. The number of aromatic nitrogens is 1. The standard InChI is InChI=1S/C14H23N3O/c1-10-8-16-6-5-11(10)9-17-13(18)7-12(15)14(2,3)4/h5-6,8,12H,7,9,15H2,1-4H3,(H,17,18). The summed E-state index contributed by atoms with van der Waals surface area (Å²) < 4.78 is 0. The van der Waals surface area contributed by atoms with Gasteiger partial charge in [-0.15, -0.1) is 0 Å². The summed E-state index contributed by atoms with van der Waals surface area (Å²) in [5.74, 6) is -0.00589. The molecule has 0 spiro atoms. The van der Waals surface area contributed by atoms with Crippen molar-refractivity contribution in [2.24, 2.45) is 11.1 Å². The Bertz CT molecular complexity index is 410. The summed E-state index contributed by atoms with van der Waals surface area (Å²) in [6.45, 7) is 8.63. The molecule has 1 unspecified atom stereocenters. The van der Waals surface area contributed by atoms with Gasteiger partial charge >= 0.3 is 0 Å². The molecule has 4 heteroatoms. The van der Waals surface area contributed by atoms with Crippen molar-refractivity contribution < 1.29 is 4.79 Å². The molecular weight excluding hydrogens is 226 g/mol. The van der Waals surface area contributed by atoms with Gasteiger partial charge in [0.2, 0.25) is 5.91 Å². The lowest BCUT2D eigenvalue weighted by atomic mass is 9.85. The molecule has 0 aromatic carbocycles. The van der Waals surface area contributed by atoms with Crippen LogP contribution in [-0.2, 0) is 11.3 Å². The zero-order valence-corrected chi connectivity index (χ0v) is 11.7. The molecule has 1 aromatic rings. The molecule has 0 bridgehead atoms. The monoisotopic (exact) mass is 249 g/mol. The van der Waals surface area contributed by atoms with E-state index in [1.165, 1.54) is 0 Å². The van der Waals surface area contributed by atoms with E-state index in [0.29, 0.717) is 13.0 Å². The summed E-state index contributed by atoms with van der Waals surface area (Å²) in [7, 11) is 0. The van der Waals surface area contributed by atoms with Crippen molar-refractivity contribution in [2.75, 3.05) is 0 Å². The van der Waals surface area contributed by atoms with Crippen molar-refractivity contribution in [1.82, 2.24) is 10.3 Å². The molecule has 0 saturated heterocycles. The molecule has 0 radical (unpaired) electrons. The highest BCUT2D eigenvalue weighted by Gasteiger charge is 2.22. The number of aryl methyl sites for hydroxylation is 1. The second kappa shape index (κ2) is 5.96. The van der Waals surface area contributed by atoms with Crippen molar-refractivity contribution in [3.8, 4) is 0 Å². The van der Waals surface area contributed by atoms with E-state index in [9.17, 15) is 4.79 Å². The minimum atomic E-state index is -0.129. The summed E-state index contributed by atoms with van der Waals surface area (Å²) in [5.41, 5.74) is 8.10. The maximum atomic E-state index is 11.8. The molecule has 0 saturated carbocycles. The molecule has 100 valence electrons. The SMILES string of the molecule is Cc1cnccc1CNC(=O)CC(N)C(C)(C)C. The van der Waals surface area contributed by atoms with Crippen LogP contribution in [0.3, 0.4) is 0 Å². The Labute approximate surface area is 109 Å². The van der Waals surface area contributed by atoms with Crippen LogP contribution in [0.4, 0.5) is 0 Å². The molecule has 1 aromatic heterocycles. The average Bonchev–Trinajstić information content (AvgIpc) is 2.26. The number of rotatable bonds is 4. The van der Waals surface area contributed by atoms with E-state index in [-0.39, 0.29) is 17.4 Å². The highest BCUT2D eigenvalue weighted by atomic mass is 16.1. The number of nitrogens with one attached hydrogen (secondary N) is 1. The molecule has 1 heterocycles. The summed E-state index contributed by atoms with van der Waals surface area (Å²) in [5, 5.41) is 2.90. The van der Waals surface area contributed by atoms with Crippen molar-refractivity contribution in [2.45, 2.75) is 46.7 Å². The maximum Gasteiger partial charge on any atom is 0.221 e. The number of hydrogen-bond acceptors (Lipinski definition) is 3. The van der Waals surface area contributed by atoms with E-state index in [1.54, 1.807) is 12.4 Å². The normalized spacial score (nSPS) is 13.2. The molecule has 0 aliphatic heterocycles. The highest BCUT2D eigenvalue weighted by Crippen LogP contribution is 2.19. The fraction of sp³-hybridized carbons (Fsp3) is 0.571. The van der Waals surface area contributed by atoms with Crippen LogP contribution in [0.15, 0.2) is 18.5 Å². The van der Waals surface area contributed by atoms with Crippen LogP contribution in [-0.4, -0.2) is 16.9 Å². The van der Waals surface area contributed by atoms with Crippen LogP contribution in [0.2, 0.25) is 0 Å². The Hall–Kier alpha value is -1.42. The van der Waals surface area contributed by atoms with E-state index < -0.39 is 0 Å². The van der Waals surface area contributed by atoms with Crippen molar-refractivity contribution in [3.63, 3.8) is 0 Å². The zero-order valence-electron chi connectivity index (χ0n) is 11.7. The average molecular weight is 249 g/mol. The minimum absolute atomic E-state index is 0.00589. The minimum Gasteiger partial charge on any atom is -0.352 e. The molecule has 0 aliphatic rings. The second-order valence-corrected chi connectivity index (χ2v) is 5.76. The first kappa shape index (κ1) is 14.6. The lowest BCUT2D eigenvalue weighted by Gasteiger charge is -2.26. The number of carbonyl (C=O) groups is 1. The number of amides is 1. The van der Waals surface area contributed by atoms with Gasteiger partial charge in [-0.1, -0.05) is 20.8 Å². The van der Waals surface area contributed by atoms with Gasteiger partial charge in [0.05, 0.1) is 0 Å². The van der Waals surface area contributed by atoms with Crippen LogP contribution in [0.1, 0.15) is 38.3 Å². The van der Waals surface area contributed by atoms with Gasteiger partial charge in [-0.3, -0.25) is 9.78 Å². The highest BCUT2D eigenvalue weighted by molar-refractivity contribution is 5.76. The summed E-state index contributed by atoms with van der Waals surface area (Å²) in [4.78, 5) is 15.8. The van der Waals surface area contributed by atoms with E-state index >= 15 is 0 Å². The lowest BCUT2D eigenvalue weighted by Crippen LogP contribution is -2.40. The summed E-state index contributed by atoms with van der Waals surface area (Å²) in [6.07, 6.45) is 3.88. The van der Waals surface area contributed by atoms with Gasteiger partial charge in [-0.25, -0.2) is 0 Å². The van der Waals surface area contributed by atoms with Gasteiger partial charge in [-0.05, 0) is 29.5 Å². The second-order valence-electron chi connectivity index (χ2n) is 5.76. The molecular formula is C14H23N3O. The van der Waals surface area contributed by atoms with Crippen LogP contribution >= 0.6 is 0 Å². The van der Waals surface area contributed by atoms with Crippen LogP contribution in [0.5, 0.6) is 0 Å². The predicted molar refractivity (Wildman–Crippen MR) is 72.9 cm³/mol. The predicted octanol–water partition coefficient (Wildman–Crippen LogP) is 1.77. The van der Waals surface area contributed by atoms with Crippen LogP contribution < -0.4 is 11.1 Å². The third-order valence-corrected chi connectivity index (χ3v) is 3.13. The Morgan fingerprint density at radius 3 is 2.72 bits per heavy atom. The van der Waals surface area contributed by atoms with E-state index in [1.807, 2.05) is 33.8 Å². The molecule has 0 aliphatic carbocycles. The Morgan fingerprint density at radius 1 is 1.50 bits per heavy atom. The first-order chi connectivity index (χ1) is 8.30. The van der Waals surface area contributed by atoms with Gasteiger partial charge < -0.3 is 11.1 Å². The summed E-state index contributed by atoms with van der Waals surface area (Å²) >= 11 is 0. The maximum absolute atomic E-state index is 11.8. The lowest BCUT2D eigenvalue weighted by molar-refractivity contribution is -0.122. The first-order valence-electron chi connectivity index (χ1n) is 6.22. The van der Waals surface area contributed by atoms with E-state index in [4.69, 9.17) is 5.73 Å². The topological polar surface area (TPSA) is 68.0 Å². The van der Waals surface area contributed by atoms with Crippen molar-refractivity contribution in [1.29, 1.82) is 0 Å². The Balaban J connectivity index is 2.45. The first-order valence-corrected chi connectivity index (χ1v) is 6.22. The van der Waals surface area contributed by atoms with Gasteiger partial charge in [-0.2, -0.15) is 0 Å². The molecule has 0 fully saturated rings.